The van der Waals surface area contributed by atoms with Gasteiger partial charge in [-0.1, -0.05) is 46.5 Å². The van der Waals surface area contributed by atoms with Crippen LogP contribution in [0.2, 0.25) is 0 Å². The summed E-state index contributed by atoms with van der Waals surface area (Å²) < 4.78 is 0. The quantitative estimate of drug-likeness (QED) is 0.817. The summed E-state index contributed by atoms with van der Waals surface area (Å²) in [6.07, 6.45) is 9.90. The molecule has 1 aliphatic heterocycles. The van der Waals surface area contributed by atoms with Crippen LogP contribution >= 0.6 is 0 Å². The topological polar surface area (TPSA) is 15.3 Å². The molecular weight excluding hydrogens is 244 g/mol. The van der Waals surface area contributed by atoms with Gasteiger partial charge in [0.25, 0.3) is 0 Å². The van der Waals surface area contributed by atoms with Crippen molar-refractivity contribution in [1.82, 2.24) is 10.2 Å². The number of hydrogen-bond acceptors (Lipinski definition) is 2. The highest BCUT2D eigenvalue weighted by atomic mass is 15.3. The second-order valence-electron chi connectivity index (χ2n) is 7.32. The largest absolute Gasteiger partial charge is 0.311 e. The van der Waals surface area contributed by atoms with E-state index in [9.17, 15) is 0 Å². The molecule has 0 amide bonds. The van der Waals surface area contributed by atoms with Gasteiger partial charge in [0.1, 0.15) is 0 Å². The lowest BCUT2D eigenvalue weighted by Crippen LogP contribution is -2.62. The molecule has 0 aromatic carbocycles. The molecular formula is C18H36N2. The monoisotopic (exact) mass is 280 g/mol. The van der Waals surface area contributed by atoms with Crippen LogP contribution in [-0.2, 0) is 0 Å². The number of rotatable bonds is 5. The van der Waals surface area contributed by atoms with E-state index in [1.807, 2.05) is 0 Å². The Balaban J connectivity index is 2.03. The van der Waals surface area contributed by atoms with Gasteiger partial charge in [-0.2, -0.15) is 0 Å². The van der Waals surface area contributed by atoms with E-state index in [1.165, 1.54) is 58.0 Å². The molecule has 2 aliphatic rings. The van der Waals surface area contributed by atoms with Crippen LogP contribution in [0.3, 0.4) is 0 Å². The SMILES string of the molecule is CCC(C)C1CN(C(C)CC)C(C2CCCCC2)CN1. The second-order valence-corrected chi connectivity index (χ2v) is 7.32. The molecule has 2 nitrogen and oxygen atoms in total. The van der Waals surface area contributed by atoms with Crippen molar-refractivity contribution in [3.63, 3.8) is 0 Å². The molecule has 1 heterocycles. The number of nitrogens with one attached hydrogen (secondary N) is 1. The van der Waals surface area contributed by atoms with Gasteiger partial charge < -0.3 is 5.32 Å². The molecule has 0 radical (unpaired) electrons. The van der Waals surface area contributed by atoms with Crippen LogP contribution in [0, 0.1) is 11.8 Å². The van der Waals surface area contributed by atoms with Gasteiger partial charge in [-0.05, 0) is 38.0 Å². The van der Waals surface area contributed by atoms with Crippen molar-refractivity contribution in [3.05, 3.63) is 0 Å². The van der Waals surface area contributed by atoms with E-state index in [0.717, 1.165) is 23.9 Å². The molecule has 0 aromatic heterocycles. The lowest BCUT2D eigenvalue weighted by molar-refractivity contribution is 0.0292. The normalized spacial score (nSPS) is 33.0. The Bertz CT molecular complexity index is 273. The zero-order chi connectivity index (χ0) is 14.5. The van der Waals surface area contributed by atoms with Crippen LogP contribution in [0.4, 0.5) is 0 Å². The molecule has 1 aliphatic carbocycles. The maximum Gasteiger partial charge on any atom is 0.0252 e. The fraction of sp³-hybridized carbons (Fsp3) is 1.00. The standard InChI is InChI=1S/C18H36N2/c1-5-14(3)17-13-20(15(4)6-2)18(12-19-17)16-10-8-7-9-11-16/h14-19H,5-13H2,1-4H3. The summed E-state index contributed by atoms with van der Waals surface area (Å²) in [5.41, 5.74) is 0. The van der Waals surface area contributed by atoms with E-state index in [4.69, 9.17) is 0 Å². The van der Waals surface area contributed by atoms with E-state index in [-0.39, 0.29) is 0 Å². The van der Waals surface area contributed by atoms with Gasteiger partial charge in [-0.25, -0.2) is 0 Å². The Kier molecular flexibility index (Phi) is 6.35. The summed E-state index contributed by atoms with van der Waals surface area (Å²) in [6, 6.07) is 2.25. The van der Waals surface area contributed by atoms with E-state index in [0.29, 0.717) is 6.04 Å². The van der Waals surface area contributed by atoms with E-state index >= 15 is 0 Å². The minimum Gasteiger partial charge on any atom is -0.311 e. The van der Waals surface area contributed by atoms with Gasteiger partial charge in [0.15, 0.2) is 0 Å². The Morgan fingerprint density at radius 3 is 2.35 bits per heavy atom. The third-order valence-corrected chi connectivity index (χ3v) is 6.10. The van der Waals surface area contributed by atoms with Crippen molar-refractivity contribution in [3.8, 4) is 0 Å². The highest BCUT2D eigenvalue weighted by Crippen LogP contribution is 2.32. The van der Waals surface area contributed by atoms with E-state index in [2.05, 4.69) is 37.9 Å². The molecule has 0 bridgehead atoms. The summed E-state index contributed by atoms with van der Waals surface area (Å²) in [7, 11) is 0. The third-order valence-electron chi connectivity index (χ3n) is 6.10. The molecule has 2 fully saturated rings. The van der Waals surface area contributed by atoms with Gasteiger partial charge in [-0.3, -0.25) is 4.90 Å². The Morgan fingerprint density at radius 2 is 1.75 bits per heavy atom. The maximum absolute atomic E-state index is 3.88. The van der Waals surface area contributed by atoms with Gasteiger partial charge >= 0.3 is 0 Å². The highest BCUT2D eigenvalue weighted by molar-refractivity contribution is 4.94. The van der Waals surface area contributed by atoms with Crippen LogP contribution in [0.5, 0.6) is 0 Å². The molecule has 1 N–H and O–H groups in total. The molecule has 0 aromatic rings. The number of piperazine rings is 1. The molecule has 2 rings (SSSR count). The average molecular weight is 280 g/mol. The molecule has 20 heavy (non-hydrogen) atoms. The maximum atomic E-state index is 3.88. The van der Waals surface area contributed by atoms with Crippen LogP contribution in [-0.4, -0.2) is 36.1 Å². The second kappa shape index (κ2) is 7.79. The Morgan fingerprint density at radius 1 is 1.05 bits per heavy atom. The zero-order valence-corrected chi connectivity index (χ0v) is 14.2. The zero-order valence-electron chi connectivity index (χ0n) is 14.2. The smallest absolute Gasteiger partial charge is 0.0252 e. The van der Waals surface area contributed by atoms with Crippen molar-refractivity contribution in [1.29, 1.82) is 0 Å². The first kappa shape index (κ1) is 16.3. The molecule has 4 atom stereocenters. The molecule has 1 saturated heterocycles. The van der Waals surface area contributed by atoms with Gasteiger partial charge in [0.2, 0.25) is 0 Å². The fourth-order valence-corrected chi connectivity index (χ4v) is 4.18. The summed E-state index contributed by atoms with van der Waals surface area (Å²) >= 11 is 0. The first-order valence-corrected chi connectivity index (χ1v) is 9.16. The van der Waals surface area contributed by atoms with Crippen LogP contribution in [0.25, 0.3) is 0 Å². The minimum atomic E-state index is 0.703. The van der Waals surface area contributed by atoms with E-state index < -0.39 is 0 Å². The molecule has 1 saturated carbocycles. The highest BCUT2D eigenvalue weighted by Gasteiger charge is 2.36. The van der Waals surface area contributed by atoms with Crippen molar-refractivity contribution >= 4 is 0 Å². The van der Waals surface area contributed by atoms with Gasteiger partial charge in [0.05, 0.1) is 0 Å². The summed E-state index contributed by atoms with van der Waals surface area (Å²) in [6.45, 7) is 12.0. The summed E-state index contributed by atoms with van der Waals surface area (Å²) in [5.74, 6) is 1.75. The van der Waals surface area contributed by atoms with Crippen molar-refractivity contribution in [2.45, 2.75) is 90.8 Å². The predicted octanol–water partition coefficient (Wildman–Crippen LogP) is 4.05. The fourth-order valence-electron chi connectivity index (χ4n) is 4.18. The van der Waals surface area contributed by atoms with Crippen LogP contribution in [0.1, 0.15) is 72.6 Å². The Hall–Kier alpha value is -0.0800. The molecule has 118 valence electrons. The van der Waals surface area contributed by atoms with Gasteiger partial charge in [0, 0.05) is 31.2 Å². The average Bonchev–Trinajstić information content (AvgIpc) is 2.53. The lowest BCUT2D eigenvalue weighted by Gasteiger charge is -2.48. The predicted molar refractivity (Wildman–Crippen MR) is 88.1 cm³/mol. The van der Waals surface area contributed by atoms with Crippen LogP contribution in [0.15, 0.2) is 0 Å². The van der Waals surface area contributed by atoms with Crippen molar-refractivity contribution in [2.75, 3.05) is 13.1 Å². The Labute approximate surface area is 126 Å². The van der Waals surface area contributed by atoms with Gasteiger partial charge in [-0.15, -0.1) is 0 Å². The molecule has 2 heteroatoms. The van der Waals surface area contributed by atoms with Crippen LogP contribution < -0.4 is 5.32 Å². The van der Waals surface area contributed by atoms with E-state index in [1.54, 1.807) is 0 Å². The first-order chi connectivity index (χ1) is 9.67. The van der Waals surface area contributed by atoms with Crippen molar-refractivity contribution < 1.29 is 0 Å². The minimum absolute atomic E-state index is 0.703. The lowest BCUT2D eigenvalue weighted by atomic mass is 9.80. The van der Waals surface area contributed by atoms with Crippen molar-refractivity contribution in [2.24, 2.45) is 11.8 Å². The molecule has 4 unspecified atom stereocenters. The first-order valence-electron chi connectivity index (χ1n) is 9.16. The number of nitrogens with zero attached hydrogens (tertiary/aromatic N) is 1. The summed E-state index contributed by atoms with van der Waals surface area (Å²) in [5, 5.41) is 3.88. The molecule has 0 spiro atoms. The number of hydrogen-bond donors (Lipinski definition) is 1. The summed E-state index contributed by atoms with van der Waals surface area (Å²) in [4.78, 5) is 2.86. The third kappa shape index (κ3) is 3.76.